The molecule has 0 radical (unpaired) electrons. The van der Waals surface area contributed by atoms with E-state index in [0.29, 0.717) is 5.92 Å². The van der Waals surface area contributed by atoms with Crippen molar-refractivity contribution in [3.8, 4) is 5.75 Å². The average Bonchev–Trinajstić information content (AvgIpc) is 2.95. The van der Waals surface area contributed by atoms with Crippen LogP contribution < -0.4 is 5.63 Å². The zero-order chi connectivity index (χ0) is 32.3. The molecule has 244 valence electrons. The van der Waals surface area contributed by atoms with Crippen LogP contribution in [-0.2, 0) is 10.2 Å². The van der Waals surface area contributed by atoms with Gasteiger partial charge in [-0.3, -0.25) is 0 Å². The van der Waals surface area contributed by atoms with E-state index < -0.39 is 53.9 Å². The Morgan fingerprint density at radius 3 is 2.44 bits per heavy atom. The number of aromatic hydroxyl groups is 1. The monoisotopic (exact) mass is 606 g/mol. The van der Waals surface area contributed by atoms with Crippen molar-refractivity contribution in [2.45, 2.75) is 122 Å². The van der Waals surface area contributed by atoms with Gasteiger partial charge in [0.2, 0.25) is 0 Å². The highest BCUT2D eigenvalue weighted by molar-refractivity contribution is 5.36. The van der Waals surface area contributed by atoms with Crippen molar-refractivity contribution in [3.63, 3.8) is 0 Å². The molecule has 0 bridgehead atoms. The van der Waals surface area contributed by atoms with Gasteiger partial charge >= 0.3 is 5.63 Å². The van der Waals surface area contributed by atoms with Crippen molar-refractivity contribution < 1.29 is 39.8 Å². The van der Waals surface area contributed by atoms with E-state index in [1.807, 2.05) is 13.0 Å². The Morgan fingerprint density at radius 2 is 1.84 bits per heavy atom. The molecule has 1 aromatic rings. The standard InChI is InChI=1S/C34H54O9/c1-7-8-9-10-11-21(2)14-23(4)16-24(19-35)15-22(3)12-13-28(39)34(5,6)29-18-26(37)30(33(41)43-29)32-31(40)27(38)17-25(20-36)42-32/h12-13,15-16,18,21,24-25,27-28,31-32,35-40H,7-11,14,17,19-20H2,1-6H3/b13-12+,22-15+,23-16-/t21-,24-,25+,27+,28+,31-,32+/m0/s1. The number of allylic oxidation sites excluding steroid dienone is 3. The molecule has 0 aromatic carbocycles. The largest absolute Gasteiger partial charge is 0.507 e. The summed E-state index contributed by atoms with van der Waals surface area (Å²) in [5.74, 6) is -0.0686. The summed E-state index contributed by atoms with van der Waals surface area (Å²) in [6.45, 7) is 11.3. The zero-order valence-electron chi connectivity index (χ0n) is 26.7. The summed E-state index contributed by atoms with van der Waals surface area (Å²) in [6.07, 6.45) is 8.44. The van der Waals surface area contributed by atoms with E-state index in [2.05, 4.69) is 26.8 Å². The maximum Gasteiger partial charge on any atom is 0.345 e. The maximum atomic E-state index is 12.9. The molecule has 1 aliphatic heterocycles. The fraction of sp³-hybridized carbons (Fsp3) is 0.676. The van der Waals surface area contributed by atoms with Crippen molar-refractivity contribution in [2.75, 3.05) is 13.2 Å². The quantitative estimate of drug-likeness (QED) is 0.0899. The zero-order valence-corrected chi connectivity index (χ0v) is 26.7. The normalized spacial score (nSPS) is 24.3. The Hall–Kier alpha value is -2.27. The molecule has 1 aromatic heterocycles. The van der Waals surface area contributed by atoms with E-state index in [9.17, 15) is 35.4 Å². The van der Waals surface area contributed by atoms with Crippen LogP contribution in [0, 0.1) is 11.8 Å². The van der Waals surface area contributed by atoms with Crippen molar-refractivity contribution >= 4 is 0 Å². The maximum absolute atomic E-state index is 12.9. The highest BCUT2D eigenvalue weighted by Crippen LogP contribution is 2.37. The lowest BCUT2D eigenvalue weighted by molar-refractivity contribution is -0.180. The molecule has 9 heteroatoms. The molecule has 2 rings (SSSR count). The third kappa shape index (κ3) is 10.7. The molecule has 2 heterocycles. The van der Waals surface area contributed by atoms with Crippen molar-refractivity contribution in [1.29, 1.82) is 0 Å². The smallest absolute Gasteiger partial charge is 0.345 e. The third-order valence-electron chi connectivity index (χ3n) is 8.33. The predicted octanol–water partition coefficient (Wildman–Crippen LogP) is 4.58. The van der Waals surface area contributed by atoms with Crippen molar-refractivity contribution in [2.24, 2.45) is 11.8 Å². The molecular formula is C34H54O9. The summed E-state index contributed by atoms with van der Waals surface area (Å²) in [6, 6.07) is 1.20. The van der Waals surface area contributed by atoms with Gasteiger partial charge in [-0.25, -0.2) is 4.79 Å². The van der Waals surface area contributed by atoms with Gasteiger partial charge in [0.15, 0.2) is 0 Å². The molecule has 1 saturated heterocycles. The highest BCUT2D eigenvalue weighted by atomic mass is 16.5. The molecule has 7 atom stereocenters. The number of hydrogen-bond acceptors (Lipinski definition) is 9. The second-order valence-corrected chi connectivity index (χ2v) is 12.8. The van der Waals surface area contributed by atoms with E-state index >= 15 is 0 Å². The van der Waals surface area contributed by atoms with Gasteiger partial charge in [0.1, 0.15) is 29.3 Å². The SMILES string of the molecule is CCCCCC[C@H](C)C/C(C)=C\[C@H](/C=C(C)/C=C/[C@@H](O)C(C)(C)c1cc(O)c([C@H]2O[C@@H](CO)C[C@@H](O)[C@@H]2O)c(=O)o1)CO. The molecule has 9 nitrogen and oxygen atoms in total. The molecule has 0 saturated carbocycles. The molecule has 6 N–H and O–H groups in total. The number of ether oxygens (including phenoxy) is 1. The van der Waals surface area contributed by atoms with Crippen LogP contribution in [-0.4, -0.2) is 68.3 Å². The predicted molar refractivity (Wildman–Crippen MR) is 167 cm³/mol. The van der Waals surface area contributed by atoms with Gasteiger partial charge in [-0.2, -0.15) is 0 Å². The van der Waals surface area contributed by atoms with Crippen LogP contribution in [0.3, 0.4) is 0 Å². The first-order valence-electron chi connectivity index (χ1n) is 15.6. The first-order chi connectivity index (χ1) is 20.2. The Labute approximate surface area is 256 Å². The number of rotatable bonds is 16. The minimum Gasteiger partial charge on any atom is -0.507 e. The topological polar surface area (TPSA) is 161 Å². The van der Waals surface area contributed by atoms with Crippen LogP contribution in [0.25, 0.3) is 0 Å². The van der Waals surface area contributed by atoms with Crippen LogP contribution in [0.1, 0.15) is 104 Å². The third-order valence-corrected chi connectivity index (χ3v) is 8.33. The fourth-order valence-electron chi connectivity index (χ4n) is 5.56. The molecular weight excluding hydrogens is 552 g/mol. The summed E-state index contributed by atoms with van der Waals surface area (Å²) in [5.41, 5.74) is -0.399. The van der Waals surface area contributed by atoms with Crippen LogP contribution in [0.2, 0.25) is 0 Å². The Balaban J connectivity index is 2.14. The van der Waals surface area contributed by atoms with Gasteiger partial charge in [-0.05, 0) is 40.0 Å². The fourth-order valence-corrected chi connectivity index (χ4v) is 5.56. The molecule has 1 fully saturated rings. The highest BCUT2D eigenvalue weighted by Gasteiger charge is 2.41. The van der Waals surface area contributed by atoms with Crippen LogP contribution in [0.4, 0.5) is 0 Å². The summed E-state index contributed by atoms with van der Waals surface area (Å²) >= 11 is 0. The van der Waals surface area contributed by atoms with Gasteiger partial charge in [0, 0.05) is 18.4 Å². The van der Waals surface area contributed by atoms with Gasteiger partial charge < -0.3 is 39.8 Å². The average molecular weight is 607 g/mol. The summed E-state index contributed by atoms with van der Waals surface area (Å²) in [4.78, 5) is 12.9. The number of aliphatic hydroxyl groups is 5. The summed E-state index contributed by atoms with van der Waals surface area (Å²) < 4.78 is 11.0. The van der Waals surface area contributed by atoms with E-state index in [1.54, 1.807) is 26.0 Å². The van der Waals surface area contributed by atoms with Gasteiger partial charge in [0.25, 0.3) is 0 Å². The first kappa shape index (κ1) is 36.9. The van der Waals surface area contributed by atoms with Crippen LogP contribution >= 0.6 is 0 Å². The Morgan fingerprint density at radius 1 is 1.14 bits per heavy atom. The van der Waals surface area contributed by atoms with E-state index in [4.69, 9.17) is 9.15 Å². The minimum absolute atomic E-state index is 0.0118. The lowest BCUT2D eigenvalue weighted by Gasteiger charge is -2.36. The lowest BCUT2D eigenvalue weighted by atomic mass is 9.82. The number of aliphatic hydroxyl groups excluding tert-OH is 5. The van der Waals surface area contributed by atoms with Gasteiger partial charge in [-0.15, -0.1) is 0 Å². The van der Waals surface area contributed by atoms with E-state index in [1.165, 1.54) is 43.7 Å². The van der Waals surface area contributed by atoms with Crippen molar-refractivity contribution in [3.05, 3.63) is 63.3 Å². The second-order valence-electron chi connectivity index (χ2n) is 12.8. The number of hydrogen-bond donors (Lipinski definition) is 6. The molecule has 0 unspecified atom stereocenters. The minimum atomic E-state index is -1.50. The lowest BCUT2D eigenvalue weighted by Crippen LogP contribution is -2.46. The van der Waals surface area contributed by atoms with Crippen LogP contribution in [0.15, 0.2) is 50.7 Å². The van der Waals surface area contributed by atoms with Crippen molar-refractivity contribution in [1.82, 2.24) is 0 Å². The second kappa shape index (κ2) is 17.3. The van der Waals surface area contributed by atoms with E-state index in [-0.39, 0.29) is 30.3 Å². The molecule has 43 heavy (non-hydrogen) atoms. The summed E-state index contributed by atoms with van der Waals surface area (Å²) in [5, 5.41) is 61.7. The van der Waals surface area contributed by atoms with Gasteiger partial charge in [-0.1, -0.05) is 81.4 Å². The molecule has 0 amide bonds. The Kier molecular flexibility index (Phi) is 14.8. The number of unbranched alkanes of at least 4 members (excludes halogenated alkanes) is 3. The van der Waals surface area contributed by atoms with Gasteiger partial charge in [0.05, 0.1) is 36.9 Å². The molecule has 1 aliphatic rings. The summed E-state index contributed by atoms with van der Waals surface area (Å²) in [7, 11) is 0. The van der Waals surface area contributed by atoms with Crippen LogP contribution in [0.5, 0.6) is 5.75 Å². The first-order valence-corrected chi connectivity index (χ1v) is 15.6. The van der Waals surface area contributed by atoms with E-state index in [0.717, 1.165) is 12.0 Å². The molecule has 0 spiro atoms. The molecule has 0 aliphatic carbocycles. The Bertz CT molecular complexity index is 1150.